The highest BCUT2D eigenvalue weighted by Gasteiger charge is 2.26. The minimum Gasteiger partial charge on any atom is -0.488 e. The third-order valence-corrected chi connectivity index (χ3v) is 3.84. The summed E-state index contributed by atoms with van der Waals surface area (Å²) in [6.07, 6.45) is -0.768. The number of carbonyl (C=O) groups excluding carboxylic acids is 1. The van der Waals surface area contributed by atoms with Gasteiger partial charge in [-0.15, -0.1) is 0 Å². The second kappa shape index (κ2) is 9.58. The molecule has 0 bridgehead atoms. The number of hydrogen-bond donors (Lipinski definition) is 1. The normalized spacial score (nSPS) is 12.7. The Morgan fingerprint density at radius 2 is 1.74 bits per heavy atom. The summed E-state index contributed by atoms with van der Waals surface area (Å²) >= 11 is 0. The average Bonchev–Trinajstić information content (AvgIpc) is 2.65. The van der Waals surface area contributed by atoms with Crippen molar-refractivity contribution in [3.05, 3.63) is 59.9 Å². The maximum atomic E-state index is 13.6. The molecule has 2 atom stereocenters. The van der Waals surface area contributed by atoms with Crippen LogP contribution in [0, 0.1) is 23.1 Å². The first-order valence-electron chi connectivity index (χ1n) is 8.76. The third-order valence-electron chi connectivity index (χ3n) is 3.84. The van der Waals surface area contributed by atoms with Crippen molar-refractivity contribution in [2.24, 2.45) is 5.92 Å². The van der Waals surface area contributed by atoms with Crippen LogP contribution in [0.1, 0.15) is 26.3 Å². The van der Waals surface area contributed by atoms with E-state index >= 15 is 0 Å². The molecule has 0 fully saturated rings. The Morgan fingerprint density at radius 1 is 1.11 bits per heavy atom. The summed E-state index contributed by atoms with van der Waals surface area (Å²) in [5, 5.41) is 12.0. The highest BCUT2D eigenvalue weighted by molar-refractivity contribution is 5.81. The summed E-state index contributed by atoms with van der Waals surface area (Å²) in [5.74, 6) is -0.381. The fraction of sp³-hybridized carbons (Fsp3) is 0.333. The summed E-state index contributed by atoms with van der Waals surface area (Å²) in [7, 11) is 0. The molecule has 0 aromatic heterocycles. The molecule has 2 unspecified atom stereocenters. The molecule has 142 valence electrons. The number of carbonyl (C=O) groups is 1. The summed E-state index contributed by atoms with van der Waals surface area (Å²) in [6, 6.07) is 14.6. The van der Waals surface area contributed by atoms with Crippen LogP contribution in [0.3, 0.4) is 0 Å². The fourth-order valence-corrected chi connectivity index (χ4v) is 2.43. The number of amides is 1. The quantitative estimate of drug-likeness (QED) is 0.769. The van der Waals surface area contributed by atoms with Crippen molar-refractivity contribution in [2.75, 3.05) is 6.61 Å². The Morgan fingerprint density at radius 3 is 2.37 bits per heavy atom. The molecule has 0 heterocycles. The van der Waals surface area contributed by atoms with Crippen molar-refractivity contribution >= 4 is 5.91 Å². The summed E-state index contributed by atoms with van der Waals surface area (Å²) in [5.41, 5.74) is 0.367. The second-order valence-corrected chi connectivity index (χ2v) is 6.54. The first-order chi connectivity index (χ1) is 12.9. The molecule has 0 spiro atoms. The van der Waals surface area contributed by atoms with Gasteiger partial charge in [-0.05, 0) is 37.1 Å². The molecule has 2 aromatic carbocycles. The lowest BCUT2D eigenvalue weighted by Crippen LogP contribution is -2.47. The van der Waals surface area contributed by atoms with E-state index in [0.29, 0.717) is 11.3 Å². The lowest BCUT2D eigenvalue weighted by atomic mass is 10.1. The van der Waals surface area contributed by atoms with Crippen LogP contribution in [0.2, 0.25) is 0 Å². The number of para-hydroxylation sites is 2. The number of nitriles is 1. The van der Waals surface area contributed by atoms with Crippen LogP contribution >= 0.6 is 0 Å². The van der Waals surface area contributed by atoms with Crippen molar-refractivity contribution in [1.29, 1.82) is 5.26 Å². The number of nitrogens with one attached hydrogen (secondary N) is 1. The molecule has 0 aliphatic rings. The van der Waals surface area contributed by atoms with Crippen molar-refractivity contribution in [1.82, 2.24) is 5.32 Å². The van der Waals surface area contributed by atoms with Crippen molar-refractivity contribution in [2.45, 2.75) is 32.9 Å². The molecule has 2 aromatic rings. The van der Waals surface area contributed by atoms with Gasteiger partial charge in [0.1, 0.15) is 18.4 Å². The van der Waals surface area contributed by atoms with Gasteiger partial charge in [-0.1, -0.05) is 38.1 Å². The molecular weight excluding hydrogens is 347 g/mol. The van der Waals surface area contributed by atoms with Gasteiger partial charge in [0.25, 0.3) is 5.91 Å². The Hall–Kier alpha value is -3.07. The summed E-state index contributed by atoms with van der Waals surface area (Å²) in [4.78, 5) is 12.6. The van der Waals surface area contributed by atoms with Gasteiger partial charge in [0.2, 0.25) is 0 Å². The molecule has 0 saturated carbocycles. The molecule has 6 heteroatoms. The van der Waals surface area contributed by atoms with Gasteiger partial charge >= 0.3 is 0 Å². The Balaban J connectivity index is 1.98. The van der Waals surface area contributed by atoms with E-state index in [1.165, 1.54) is 12.1 Å². The van der Waals surface area contributed by atoms with Crippen LogP contribution in [-0.2, 0) is 4.79 Å². The minimum atomic E-state index is -0.768. The minimum absolute atomic E-state index is 0.114. The van der Waals surface area contributed by atoms with Crippen LogP contribution in [0.15, 0.2) is 48.5 Å². The van der Waals surface area contributed by atoms with Crippen LogP contribution < -0.4 is 14.8 Å². The van der Waals surface area contributed by atoms with Crippen molar-refractivity contribution in [3.8, 4) is 17.6 Å². The zero-order chi connectivity index (χ0) is 19.8. The summed E-state index contributed by atoms with van der Waals surface area (Å²) < 4.78 is 24.8. The van der Waals surface area contributed by atoms with Gasteiger partial charge in [-0.2, -0.15) is 5.26 Å². The standard InChI is InChI=1S/C21H23FN2O3/c1-14(2)20(27-18-10-6-4-8-16(18)12-23)21(25)24-15(3)13-26-19-11-7-5-9-17(19)22/h4-11,14-15,20H,13H2,1-3H3,(H,24,25). The topological polar surface area (TPSA) is 71.3 Å². The lowest BCUT2D eigenvalue weighted by molar-refractivity contribution is -0.130. The predicted octanol–water partition coefficient (Wildman–Crippen LogP) is 3.68. The number of rotatable bonds is 8. The van der Waals surface area contributed by atoms with E-state index in [4.69, 9.17) is 9.47 Å². The highest BCUT2D eigenvalue weighted by atomic mass is 19.1. The van der Waals surface area contributed by atoms with Gasteiger partial charge < -0.3 is 14.8 Å². The second-order valence-electron chi connectivity index (χ2n) is 6.54. The van der Waals surface area contributed by atoms with Gasteiger partial charge in [0.05, 0.1) is 11.6 Å². The van der Waals surface area contributed by atoms with E-state index in [1.807, 2.05) is 13.8 Å². The molecule has 0 aliphatic carbocycles. The number of halogens is 1. The van der Waals surface area contributed by atoms with Crippen LogP contribution in [0.5, 0.6) is 11.5 Å². The van der Waals surface area contributed by atoms with Crippen LogP contribution in [0.25, 0.3) is 0 Å². The molecule has 0 saturated heterocycles. The van der Waals surface area contributed by atoms with Crippen LogP contribution in [0.4, 0.5) is 4.39 Å². The maximum absolute atomic E-state index is 13.6. The van der Waals surface area contributed by atoms with Gasteiger partial charge in [0, 0.05) is 0 Å². The van der Waals surface area contributed by atoms with Gasteiger partial charge in [0.15, 0.2) is 17.7 Å². The van der Waals surface area contributed by atoms with E-state index in [9.17, 15) is 14.4 Å². The largest absolute Gasteiger partial charge is 0.488 e. The maximum Gasteiger partial charge on any atom is 0.261 e. The van der Waals surface area contributed by atoms with Crippen LogP contribution in [-0.4, -0.2) is 24.7 Å². The molecule has 2 rings (SSSR count). The Kier molecular flexibility index (Phi) is 7.18. The number of ether oxygens (including phenoxy) is 2. The van der Waals surface area contributed by atoms with E-state index in [1.54, 1.807) is 43.3 Å². The lowest BCUT2D eigenvalue weighted by Gasteiger charge is -2.24. The first-order valence-corrected chi connectivity index (χ1v) is 8.76. The van der Waals surface area contributed by atoms with E-state index in [2.05, 4.69) is 11.4 Å². The fourth-order valence-electron chi connectivity index (χ4n) is 2.43. The average molecular weight is 370 g/mol. The van der Waals surface area contributed by atoms with E-state index in [-0.39, 0.29) is 30.2 Å². The smallest absolute Gasteiger partial charge is 0.261 e. The van der Waals surface area contributed by atoms with E-state index in [0.717, 1.165) is 0 Å². The molecule has 1 amide bonds. The Labute approximate surface area is 158 Å². The molecule has 1 N–H and O–H groups in total. The predicted molar refractivity (Wildman–Crippen MR) is 99.9 cm³/mol. The Bertz CT molecular complexity index is 817. The third kappa shape index (κ3) is 5.71. The van der Waals surface area contributed by atoms with Gasteiger partial charge in [-0.25, -0.2) is 4.39 Å². The SMILES string of the molecule is CC(COc1ccccc1F)NC(=O)C(Oc1ccccc1C#N)C(C)C. The highest BCUT2D eigenvalue weighted by Crippen LogP contribution is 2.21. The molecule has 0 aliphatic heterocycles. The monoisotopic (exact) mass is 370 g/mol. The zero-order valence-electron chi connectivity index (χ0n) is 15.6. The first kappa shape index (κ1) is 20.2. The van der Waals surface area contributed by atoms with Crippen molar-refractivity contribution < 1.29 is 18.7 Å². The van der Waals surface area contributed by atoms with Crippen molar-refractivity contribution in [3.63, 3.8) is 0 Å². The number of benzene rings is 2. The molecule has 27 heavy (non-hydrogen) atoms. The number of nitrogens with zero attached hydrogens (tertiary/aromatic N) is 1. The molecular formula is C21H23FN2O3. The zero-order valence-corrected chi connectivity index (χ0v) is 15.6. The number of hydrogen-bond acceptors (Lipinski definition) is 4. The molecule has 0 radical (unpaired) electrons. The molecule has 5 nitrogen and oxygen atoms in total. The van der Waals surface area contributed by atoms with E-state index < -0.39 is 11.9 Å². The van der Waals surface area contributed by atoms with Gasteiger partial charge in [-0.3, -0.25) is 4.79 Å². The summed E-state index contributed by atoms with van der Waals surface area (Å²) in [6.45, 7) is 5.60.